The number of fused-ring (bicyclic) bond motifs is 1. The van der Waals surface area contributed by atoms with Crippen LogP contribution in [0.3, 0.4) is 0 Å². The van der Waals surface area contributed by atoms with Crippen molar-refractivity contribution in [1.29, 1.82) is 5.26 Å². The number of ether oxygens (including phenoxy) is 3. The van der Waals surface area contributed by atoms with Gasteiger partial charge in [0.1, 0.15) is 18.4 Å². The van der Waals surface area contributed by atoms with E-state index in [0.717, 1.165) is 12.0 Å². The molecule has 0 saturated carbocycles. The summed E-state index contributed by atoms with van der Waals surface area (Å²) in [6.45, 7) is 0.0782. The largest absolute Gasteiger partial charge is 0.447 e. The molecule has 32 heavy (non-hydrogen) atoms. The van der Waals surface area contributed by atoms with Crippen molar-refractivity contribution in [2.75, 3.05) is 25.6 Å². The van der Waals surface area contributed by atoms with Crippen molar-refractivity contribution in [2.24, 2.45) is 0 Å². The molecule has 7 nitrogen and oxygen atoms in total. The van der Waals surface area contributed by atoms with Crippen molar-refractivity contribution < 1.29 is 27.8 Å². The molecule has 1 amide bonds. The van der Waals surface area contributed by atoms with Crippen LogP contribution < -0.4 is 10.1 Å². The molecule has 0 aliphatic heterocycles. The Bertz CT molecular complexity index is 1120. The standard InChI is InChI=1S/C23H23F2N3O4/c1-3-10-28-20-13-17(32-22(24)25)8-9-18(20)19(14-26)21(28)15-4-6-16(7-5-15)27-23(29)31-12-11-30-2/h4-9,13,22H,3,10-12H2,1-2H3,(H,27,29). The van der Waals surface area contributed by atoms with Gasteiger partial charge in [-0.25, -0.2) is 4.79 Å². The van der Waals surface area contributed by atoms with E-state index in [-0.39, 0.29) is 12.4 Å². The minimum atomic E-state index is -2.93. The van der Waals surface area contributed by atoms with Crippen molar-refractivity contribution >= 4 is 22.7 Å². The molecule has 0 aliphatic carbocycles. The van der Waals surface area contributed by atoms with Gasteiger partial charge in [-0.2, -0.15) is 14.0 Å². The van der Waals surface area contributed by atoms with Crippen LogP contribution in [0, 0.1) is 11.3 Å². The van der Waals surface area contributed by atoms with E-state index in [1.54, 1.807) is 30.3 Å². The molecule has 168 valence electrons. The van der Waals surface area contributed by atoms with E-state index in [0.29, 0.717) is 41.0 Å². The predicted molar refractivity (Wildman–Crippen MR) is 116 cm³/mol. The second-order valence-corrected chi connectivity index (χ2v) is 6.88. The lowest BCUT2D eigenvalue weighted by Crippen LogP contribution is -2.16. The van der Waals surface area contributed by atoms with Gasteiger partial charge in [0.05, 0.1) is 23.4 Å². The van der Waals surface area contributed by atoms with Crippen LogP contribution in [0.5, 0.6) is 5.75 Å². The molecule has 0 bridgehead atoms. The van der Waals surface area contributed by atoms with Crippen molar-refractivity contribution in [1.82, 2.24) is 4.57 Å². The summed E-state index contributed by atoms with van der Waals surface area (Å²) in [5.41, 5.74) is 3.03. The molecule has 0 spiro atoms. The third-order valence-electron chi connectivity index (χ3n) is 4.75. The molecule has 0 radical (unpaired) electrons. The summed E-state index contributed by atoms with van der Waals surface area (Å²) in [7, 11) is 1.51. The number of nitriles is 1. The average molecular weight is 443 g/mol. The fourth-order valence-corrected chi connectivity index (χ4v) is 3.46. The van der Waals surface area contributed by atoms with Crippen LogP contribution >= 0.6 is 0 Å². The van der Waals surface area contributed by atoms with Crippen LogP contribution in [-0.4, -0.2) is 37.6 Å². The number of anilines is 1. The highest BCUT2D eigenvalue weighted by Gasteiger charge is 2.19. The van der Waals surface area contributed by atoms with Gasteiger partial charge in [0.25, 0.3) is 0 Å². The molecule has 0 atom stereocenters. The number of nitrogens with zero attached hydrogens (tertiary/aromatic N) is 2. The quantitative estimate of drug-likeness (QED) is 0.449. The van der Waals surface area contributed by atoms with Crippen LogP contribution in [0.25, 0.3) is 22.2 Å². The number of carbonyl (C=O) groups excluding carboxylic acids is 1. The lowest BCUT2D eigenvalue weighted by atomic mass is 10.1. The van der Waals surface area contributed by atoms with Gasteiger partial charge < -0.3 is 18.8 Å². The molecule has 3 rings (SSSR count). The topological polar surface area (TPSA) is 85.5 Å². The molecule has 1 N–H and O–H groups in total. The van der Waals surface area contributed by atoms with Gasteiger partial charge in [0.15, 0.2) is 0 Å². The van der Waals surface area contributed by atoms with Gasteiger partial charge in [-0.15, -0.1) is 0 Å². The molecule has 3 aromatic rings. The molecule has 0 aliphatic rings. The third kappa shape index (κ3) is 5.15. The maximum atomic E-state index is 12.7. The van der Waals surface area contributed by atoms with Gasteiger partial charge in [0.2, 0.25) is 0 Å². The number of halogens is 2. The van der Waals surface area contributed by atoms with Crippen LogP contribution in [0.2, 0.25) is 0 Å². The highest BCUT2D eigenvalue weighted by Crippen LogP contribution is 2.36. The highest BCUT2D eigenvalue weighted by atomic mass is 19.3. The molecule has 2 aromatic carbocycles. The Morgan fingerprint density at radius 3 is 2.56 bits per heavy atom. The first kappa shape index (κ1) is 23.0. The average Bonchev–Trinajstić information content (AvgIpc) is 3.07. The van der Waals surface area contributed by atoms with Gasteiger partial charge in [-0.1, -0.05) is 19.1 Å². The van der Waals surface area contributed by atoms with E-state index < -0.39 is 12.7 Å². The zero-order valence-electron chi connectivity index (χ0n) is 17.7. The third-order valence-corrected chi connectivity index (χ3v) is 4.75. The number of carbonyl (C=O) groups is 1. The Balaban J connectivity index is 1.97. The molecule has 0 saturated heterocycles. The number of nitrogens with one attached hydrogen (secondary N) is 1. The number of aryl methyl sites for hydroxylation is 1. The Kier molecular flexibility index (Phi) is 7.63. The van der Waals surface area contributed by atoms with E-state index >= 15 is 0 Å². The lowest BCUT2D eigenvalue weighted by Gasteiger charge is -2.12. The number of benzene rings is 2. The predicted octanol–water partition coefficient (Wildman–Crippen LogP) is 5.39. The van der Waals surface area contributed by atoms with E-state index in [1.165, 1.54) is 19.2 Å². The van der Waals surface area contributed by atoms with E-state index in [4.69, 9.17) is 9.47 Å². The molecule has 1 aromatic heterocycles. The number of alkyl halides is 2. The molecule has 0 fully saturated rings. The maximum absolute atomic E-state index is 12.7. The second-order valence-electron chi connectivity index (χ2n) is 6.88. The van der Waals surface area contributed by atoms with Gasteiger partial charge in [0, 0.05) is 30.8 Å². The molecule has 0 unspecified atom stereocenters. The lowest BCUT2D eigenvalue weighted by molar-refractivity contribution is -0.0497. The number of methoxy groups -OCH3 is 1. The summed E-state index contributed by atoms with van der Waals surface area (Å²) < 4.78 is 41.6. The molecule has 9 heteroatoms. The van der Waals surface area contributed by atoms with Crippen molar-refractivity contribution in [3.8, 4) is 23.1 Å². The number of hydrogen-bond acceptors (Lipinski definition) is 5. The monoisotopic (exact) mass is 443 g/mol. The summed E-state index contributed by atoms with van der Waals surface area (Å²) in [5.74, 6) is 0.0323. The fourth-order valence-electron chi connectivity index (χ4n) is 3.46. The second kappa shape index (κ2) is 10.6. The van der Waals surface area contributed by atoms with Gasteiger partial charge >= 0.3 is 12.7 Å². The van der Waals surface area contributed by atoms with Crippen LogP contribution in [0.15, 0.2) is 42.5 Å². The number of aromatic nitrogens is 1. The minimum absolute atomic E-state index is 0.0323. The zero-order chi connectivity index (χ0) is 23.1. The first-order valence-electron chi connectivity index (χ1n) is 10.0. The smallest absolute Gasteiger partial charge is 0.411 e. The minimum Gasteiger partial charge on any atom is -0.447 e. The van der Waals surface area contributed by atoms with E-state index in [9.17, 15) is 18.8 Å². The number of hydrogen-bond donors (Lipinski definition) is 1. The van der Waals surface area contributed by atoms with E-state index in [2.05, 4.69) is 16.1 Å². The van der Waals surface area contributed by atoms with Crippen LogP contribution in [-0.2, 0) is 16.0 Å². The van der Waals surface area contributed by atoms with Gasteiger partial charge in [-0.3, -0.25) is 5.32 Å². The zero-order valence-corrected chi connectivity index (χ0v) is 17.7. The first-order chi connectivity index (χ1) is 15.5. The Labute approximate surface area is 184 Å². The van der Waals surface area contributed by atoms with Crippen LogP contribution in [0.1, 0.15) is 18.9 Å². The SMILES string of the molecule is CCCn1c(-c2ccc(NC(=O)OCCOC)cc2)c(C#N)c2ccc(OC(F)F)cc21. The highest BCUT2D eigenvalue weighted by molar-refractivity contribution is 5.95. The van der Waals surface area contributed by atoms with Crippen molar-refractivity contribution in [3.63, 3.8) is 0 Å². The van der Waals surface area contributed by atoms with E-state index in [1.807, 2.05) is 11.5 Å². The Morgan fingerprint density at radius 2 is 1.94 bits per heavy atom. The summed E-state index contributed by atoms with van der Waals surface area (Å²) in [4.78, 5) is 11.8. The normalized spacial score (nSPS) is 10.9. The fraction of sp³-hybridized carbons (Fsp3) is 0.304. The van der Waals surface area contributed by atoms with Crippen molar-refractivity contribution in [2.45, 2.75) is 26.5 Å². The van der Waals surface area contributed by atoms with Crippen molar-refractivity contribution in [3.05, 3.63) is 48.0 Å². The van der Waals surface area contributed by atoms with Gasteiger partial charge in [-0.05, 0) is 36.2 Å². The number of rotatable bonds is 9. The Hall–Kier alpha value is -3.64. The first-order valence-corrected chi connectivity index (χ1v) is 10.0. The van der Waals surface area contributed by atoms with Crippen LogP contribution in [0.4, 0.5) is 19.3 Å². The summed E-state index contributed by atoms with van der Waals surface area (Å²) in [5, 5.41) is 13.1. The number of amides is 1. The molecular formula is C23H23F2N3O4. The summed E-state index contributed by atoms with van der Waals surface area (Å²) >= 11 is 0. The summed E-state index contributed by atoms with van der Waals surface area (Å²) in [6, 6.07) is 13.8. The molecular weight excluding hydrogens is 420 g/mol. The maximum Gasteiger partial charge on any atom is 0.411 e. The Morgan fingerprint density at radius 1 is 1.19 bits per heavy atom. The molecule has 1 heterocycles. The summed E-state index contributed by atoms with van der Waals surface area (Å²) in [6.07, 6.45) is 0.174.